The van der Waals surface area contributed by atoms with Crippen molar-refractivity contribution in [1.82, 2.24) is 9.29 Å². The maximum atomic E-state index is 13.9. The van der Waals surface area contributed by atoms with E-state index in [0.29, 0.717) is 23.1 Å². The van der Waals surface area contributed by atoms with Gasteiger partial charge in [-0.3, -0.25) is 9.78 Å². The molecule has 6 nitrogen and oxygen atoms in total. The van der Waals surface area contributed by atoms with E-state index in [2.05, 4.69) is 11.1 Å². The van der Waals surface area contributed by atoms with E-state index in [1.165, 1.54) is 10.4 Å². The van der Waals surface area contributed by atoms with Crippen LogP contribution in [0.15, 0.2) is 84.0 Å². The number of carbonyl (C=O) groups excluding carboxylic acids is 1. The van der Waals surface area contributed by atoms with Gasteiger partial charge in [0.15, 0.2) is 0 Å². The Kier molecular flexibility index (Phi) is 9.47. The van der Waals surface area contributed by atoms with Crippen molar-refractivity contribution < 1.29 is 26.4 Å². The molecule has 3 aromatic carbocycles. The summed E-state index contributed by atoms with van der Waals surface area (Å²) in [6.45, 7) is 5.74. The Morgan fingerprint density at radius 3 is 2.52 bits per heavy atom. The Labute approximate surface area is 267 Å². The molecule has 0 amide bonds. The summed E-state index contributed by atoms with van der Waals surface area (Å²) >= 11 is 0. The van der Waals surface area contributed by atoms with E-state index < -0.39 is 21.8 Å². The van der Waals surface area contributed by atoms with E-state index in [9.17, 15) is 31.6 Å². The number of rotatable bonds is 8. The number of benzene rings is 3. The average Bonchev–Trinajstić information content (AvgIpc) is 3.09. The summed E-state index contributed by atoms with van der Waals surface area (Å²) in [5, 5.41) is 9.42. The van der Waals surface area contributed by atoms with Gasteiger partial charge in [0.1, 0.15) is 5.78 Å². The predicted octanol–water partition coefficient (Wildman–Crippen LogP) is 7.31. The third-order valence-corrected chi connectivity index (χ3v) is 10.4. The molecule has 238 valence electrons. The average molecular weight is 646 g/mol. The molecule has 10 heteroatoms. The second-order valence-corrected chi connectivity index (χ2v) is 14.0. The minimum atomic E-state index is -4.68. The molecule has 2 heterocycles. The molecule has 0 fully saturated rings. The van der Waals surface area contributed by atoms with E-state index in [1.807, 2.05) is 51.1 Å². The van der Waals surface area contributed by atoms with Crippen LogP contribution in [0.1, 0.15) is 69.3 Å². The fraction of sp³-hybridized carbons (Fsp3) is 0.306. The van der Waals surface area contributed by atoms with Crippen LogP contribution in [0.2, 0.25) is 0 Å². The number of nitriles is 1. The van der Waals surface area contributed by atoms with Crippen LogP contribution in [0, 0.1) is 31.1 Å². The summed E-state index contributed by atoms with van der Waals surface area (Å²) < 4.78 is 69.8. The zero-order chi connectivity index (χ0) is 33.2. The van der Waals surface area contributed by atoms with Crippen molar-refractivity contribution in [2.45, 2.75) is 63.6 Å². The summed E-state index contributed by atoms with van der Waals surface area (Å²) in [7, 11) is -4.26. The molecule has 0 N–H and O–H groups in total. The highest BCUT2D eigenvalue weighted by Crippen LogP contribution is 2.37. The number of aromatic nitrogens is 1. The second-order valence-electron chi connectivity index (χ2n) is 12.1. The maximum Gasteiger partial charge on any atom is 0.416 e. The van der Waals surface area contributed by atoms with Gasteiger partial charge in [-0.05, 0) is 95.5 Å². The molecule has 0 bridgehead atoms. The number of aryl methyl sites for hydroxylation is 2. The number of nitrogens with zero attached hydrogens (tertiary/aromatic N) is 3. The van der Waals surface area contributed by atoms with E-state index in [1.54, 1.807) is 30.6 Å². The first kappa shape index (κ1) is 33.0. The number of Topliss-reactive ketones (excluding diaryl/α,β-unsaturated/α-hetero) is 1. The molecule has 46 heavy (non-hydrogen) atoms. The molecular weight excluding hydrogens is 611 g/mol. The van der Waals surface area contributed by atoms with E-state index >= 15 is 0 Å². The summed E-state index contributed by atoms with van der Waals surface area (Å²) in [6, 6.07) is 19.8. The first-order valence-corrected chi connectivity index (χ1v) is 16.4. The Morgan fingerprint density at radius 2 is 1.85 bits per heavy atom. The smallest absolute Gasteiger partial charge is 0.299 e. The SMILES string of the molecule is Cc1ccc(C(CC(=O)Cc2cccnc2)c2ccc(C#N)cc2C)cc1CN1CC(C)Cc2ccc(C(F)(F)F)cc2S1(=O)=O. The quantitative estimate of drug-likeness (QED) is 0.201. The molecule has 0 saturated carbocycles. The van der Waals surface area contributed by atoms with Gasteiger partial charge in [-0.15, -0.1) is 0 Å². The van der Waals surface area contributed by atoms with Gasteiger partial charge < -0.3 is 0 Å². The fourth-order valence-corrected chi connectivity index (χ4v) is 7.95. The number of ketones is 1. The molecule has 4 aromatic rings. The molecule has 2 unspecified atom stereocenters. The van der Waals surface area contributed by atoms with Crippen LogP contribution < -0.4 is 0 Å². The molecule has 0 aliphatic carbocycles. The molecule has 0 radical (unpaired) electrons. The summed E-state index contributed by atoms with van der Waals surface area (Å²) in [5.41, 5.74) is 4.70. The van der Waals surface area contributed by atoms with Crippen LogP contribution in [0.3, 0.4) is 0 Å². The first-order chi connectivity index (χ1) is 21.8. The lowest BCUT2D eigenvalue weighted by Gasteiger charge is -2.25. The predicted molar refractivity (Wildman–Crippen MR) is 168 cm³/mol. The number of sulfonamides is 1. The molecule has 5 rings (SSSR count). The number of carbonyl (C=O) groups is 1. The molecule has 1 aromatic heterocycles. The summed E-state index contributed by atoms with van der Waals surface area (Å²) in [4.78, 5) is 17.2. The van der Waals surface area contributed by atoms with Gasteiger partial charge in [0.2, 0.25) is 10.0 Å². The van der Waals surface area contributed by atoms with Gasteiger partial charge in [-0.2, -0.15) is 22.7 Å². The van der Waals surface area contributed by atoms with Crippen molar-refractivity contribution in [1.29, 1.82) is 5.26 Å². The number of hydrogen-bond donors (Lipinski definition) is 0. The van der Waals surface area contributed by atoms with Crippen LogP contribution in [-0.2, 0) is 40.4 Å². The Balaban J connectivity index is 1.53. The van der Waals surface area contributed by atoms with E-state index in [4.69, 9.17) is 0 Å². The maximum absolute atomic E-state index is 13.9. The van der Waals surface area contributed by atoms with Gasteiger partial charge in [-0.1, -0.05) is 43.3 Å². The van der Waals surface area contributed by atoms with Gasteiger partial charge >= 0.3 is 6.18 Å². The highest BCUT2D eigenvalue weighted by molar-refractivity contribution is 7.89. The van der Waals surface area contributed by atoms with E-state index in [-0.39, 0.29) is 48.4 Å². The van der Waals surface area contributed by atoms with Crippen molar-refractivity contribution in [3.63, 3.8) is 0 Å². The topological polar surface area (TPSA) is 91.1 Å². The van der Waals surface area contributed by atoms with Crippen LogP contribution in [0.25, 0.3) is 0 Å². The number of alkyl halides is 3. The van der Waals surface area contributed by atoms with Crippen molar-refractivity contribution in [3.8, 4) is 6.07 Å². The van der Waals surface area contributed by atoms with Gasteiger partial charge in [-0.25, -0.2) is 8.42 Å². The van der Waals surface area contributed by atoms with Crippen molar-refractivity contribution in [2.24, 2.45) is 5.92 Å². The van der Waals surface area contributed by atoms with Crippen LogP contribution in [0.4, 0.5) is 13.2 Å². The minimum Gasteiger partial charge on any atom is -0.299 e. The van der Waals surface area contributed by atoms with Gasteiger partial charge in [0, 0.05) is 44.2 Å². The highest BCUT2D eigenvalue weighted by atomic mass is 32.2. The van der Waals surface area contributed by atoms with Crippen LogP contribution in [-0.4, -0.2) is 30.0 Å². The van der Waals surface area contributed by atoms with Gasteiger partial charge in [0.05, 0.1) is 22.1 Å². The monoisotopic (exact) mass is 645 g/mol. The molecule has 1 aliphatic rings. The Hall–Kier alpha value is -4.33. The largest absolute Gasteiger partial charge is 0.416 e. The Bertz CT molecular complexity index is 1920. The zero-order valence-electron chi connectivity index (χ0n) is 25.8. The molecular formula is C36H34F3N3O3S. The fourth-order valence-electron chi connectivity index (χ4n) is 6.16. The first-order valence-electron chi connectivity index (χ1n) is 15.0. The van der Waals surface area contributed by atoms with Crippen molar-refractivity contribution in [3.05, 3.63) is 129 Å². The van der Waals surface area contributed by atoms with Crippen LogP contribution >= 0.6 is 0 Å². The lowest BCUT2D eigenvalue weighted by atomic mass is 9.82. The lowest BCUT2D eigenvalue weighted by Crippen LogP contribution is -2.33. The summed E-state index contributed by atoms with van der Waals surface area (Å²) in [5.74, 6) is -0.522. The normalized spacial score (nSPS) is 17.0. The number of pyridine rings is 1. The zero-order valence-corrected chi connectivity index (χ0v) is 26.6. The molecule has 0 spiro atoms. The second kappa shape index (κ2) is 13.2. The number of fused-ring (bicyclic) bond motifs is 1. The third kappa shape index (κ3) is 7.22. The minimum absolute atomic E-state index is 0.00937. The Morgan fingerprint density at radius 1 is 1.07 bits per heavy atom. The molecule has 2 atom stereocenters. The van der Waals surface area contributed by atoms with Gasteiger partial charge in [0.25, 0.3) is 0 Å². The standard InChI is InChI=1S/C36H34F3N3O3S/c1-23-13-29-9-10-31(36(37,38)39)17-35(29)46(44,45)42(21-23)22-30-16-28(8-6-24(30)2)34(33-11-7-26(19-40)14-25(33)3)18-32(43)15-27-5-4-12-41-20-27/h4-12,14,16-17,20,23,34H,13,15,18,21-22H2,1-3H3. The number of halogens is 3. The molecule has 0 saturated heterocycles. The molecule has 1 aliphatic heterocycles. The third-order valence-electron chi connectivity index (χ3n) is 8.55. The summed E-state index contributed by atoms with van der Waals surface area (Å²) in [6.07, 6.45) is -0.683. The number of hydrogen-bond acceptors (Lipinski definition) is 5. The van der Waals surface area contributed by atoms with E-state index in [0.717, 1.165) is 39.9 Å². The lowest BCUT2D eigenvalue weighted by molar-refractivity contribution is -0.137. The van der Waals surface area contributed by atoms with Crippen molar-refractivity contribution in [2.75, 3.05) is 6.54 Å². The van der Waals surface area contributed by atoms with Crippen molar-refractivity contribution >= 4 is 15.8 Å². The highest BCUT2D eigenvalue weighted by Gasteiger charge is 2.37. The van der Waals surface area contributed by atoms with Crippen LogP contribution in [0.5, 0.6) is 0 Å².